The van der Waals surface area contributed by atoms with E-state index in [9.17, 15) is 0 Å². The number of fused-ring (bicyclic) bond motifs is 1. The van der Waals surface area contributed by atoms with E-state index in [0.717, 1.165) is 23.1 Å². The monoisotopic (exact) mass is 320 g/mol. The Labute approximate surface area is 124 Å². The summed E-state index contributed by atoms with van der Waals surface area (Å²) in [5.74, 6) is 0. The average Bonchev–Trinajstić information content (AvgIpc) is 2.38. The smallest absolute Gasteiger partial charge is 0.0708 e. The number of pyridine rings is 1. The van der Waals surface area contributed by atoms with Crippen molar-refractivity contribution in [2.75, 3.05) is 12.4 Å². The van der Waals surface area contributed by atoms with Crippen LogP contribution in [0.4, 0.5) is 0 Å². The lowest BCUT2D eigenvalue weighted by molar-refractivity contribution is 0.174. The van der Waals surface area contributed by atoms with Gasteiger partial charge >= 0.3 is 0 Å². The number of alkyl halides is 1. The molecule has 0 aliphatic rings. The van der Waals surface area contributed by atoms with E-state index >= 15 is 0 Å². The fourth-order valence-corrected chi connectivity index (χ4v) is 2.53. The third-order valence-electron chi connectivity index (χ3n) is 3.70. The Kier molecular flexibility index (Phi) is 4.26. The van der Waals surface area contributed by atoms with E-state index in [1.165, 1.54) is 10.9 Å². The number of nitrogens with zero attached hydrogens (tertiary/aromatic N) is 2. The SMILES string of the molecule is Cc1cc(CN(C)C(C)(C)CBr)c2ccccc2n1. The summed E-state index contributed by atoms with van der Waals surface area (Å²) in [4.78, 5) is 6.98. The lowest BCUT2D eigenvalue weighted by Gasteiger charge is -2.34. The molecule has 0 aliphatic heterocycles. The van der Waals surface area contributed by atoms with Gasteiger partial charge in [0.1, 0.15) is 0 Å². The van der Waals surface area contributed by atoms with Gasteiger partial charge in [-0.1, -0.05) is 34.1 Å². The molecule has 0 saturated heterocycles. The summed E-state index contributed by atoms with van der Waals surface area (Å²) in [6.45, 7) is 7.49. The third kappa shape index (κ3) is 3.15. The number of halogens is 1. The molecule has 1 aromatic carbocycles. The molecule has 0 atom stereocenters. The topological polar surface area (TPSA) is 16.1 Å². The maximum Gasteiger partial charge on any atom is 0.0708 e. The lowest BCUT2D eigenvalue weighted by atomic mass is 10.0. The normalized spacial score (nSPS) is 12.3. The maximum absolute atomic E-state index is 4.60. The van der Waals surface area contributed by atoms with E-state index in [0.29, 0.717) is 0 Å². The number of hydrogen-bond acceptors (Lipinski definition) is 2. The highest BCUT2D eigenvalue weighted by molar-refractivity contribution is 9.09. The molecule has 0 bridgehead atoms. The van der Waals surface area contributed by atoms with E-state index < -0.39 is 0 Å². The molecule has 1 aromatic heterocycles. The molecule has 19 heavy (non-hydrogen) atoms. The minimum atomic E-state index is 0.137. The zero-order valence-electron chi connectivity index (χ0n) is 12.1. The fraction of sp³-hybridized carbons (Fsp3) is 0.438. The van der Waals surface area contributed by atoms with Crippen LogP contribution >= 0.6 is 15.9 Å². The number of para-hydroxylation sites is 1. The fourth-order valence-electron chi connectivity index (χ4n) is 2.10. The molecule has 3 heteroatoms. The van der Waals surface area contributed by atoms with Crippen molar-refractivity contribution < 1.29 is 0 Å². The van der Waals surface area contributed by atoms with Gasteiger partial charge in [0.05, 0.1) is 5.52 Å². The highest BCUT2D eigenvalue weighted by Gasteiger charge is 2.22. The Hall–Kier alpha value is -0.930. The highest BCUT2D eigenvalue weighted by atomic mass is 79.9. The van der Waals surface area contributed by atoms with Gasteiger partial charge < -0.3 is 0 Å². The molecule has 0 unspecified atom stereocenters. The molecule has 0 fully saturated rings. The van der Waals surface area contributed by atoms with Crippen molar-refractivity contribution in [1.82, 2.24) is 9.88 Å². The summed E-state index contributed by atoms with van der Waals surface area (Å²) in [5.41, 5.74) is 3.65. The predicted molar refractivity (Wildman–Crippen MR) is 85.8 cm³/mol. The summed E-state index contributed by atoms with van der Waals surface area (Å²) in [6.07, 6.45) is 0. The van der Waals surface area contributed by atoms with Crippen LogP contribution in [0.1, 0.15) is 25.1 Å². The number of aromatic nitrogens is 1. The minimum absolute atomic E-state index is 0.137. The minimum Gasteiger partial charge on any atom is -0.296 e. The third-order valence-corrected chi connectivity index (χ3v) is 5.07. The van der Waals surface area contributed by atoms with Crippen LogP contribution in [0.2, 0.25) is 0 Å². The first kappa shape index (κ1) is 14.5. The molecule has 2 rings (SSSR count). The Morgan fingerprint density at radius 3 is 2.63 bits per heavy atom. The molecular weight excluding hydrogens is 300 g/mol. The molecule has 2 aromatic rings. The van der Waals surface area contributed by atoms with Crippen LogP contribution < -0.4 is 0 Å². The van der Waals surface area contributed by atoms with E-state index in [2.05, 4.69) is 77.9 Å². The van der Waals surface area contributed by atoms with Crippen LogP contribution in [0.5, 0.6) is 0 Å². The molecular formula is C16H21BrN2. The first-order valence-electron chi connectivity index (χ1n) is 6.56. The second kappa shape index (κ2) is 5.59. The van der Waals surface area contributed by atoms with Gasteiger partial charge in [0.2, 0.25) is 0 Å². The Bertz CT molecular complexity index is 578. The molecule has 0 radical (unpaired) electrons. The standard InChI is InChI=1S/C16H21BrN2/c1-12-9-13(10-19(4)16(2,3)11-17)14-7-5-6-8-15(14)18-12/h5-9H,10-11H2,1-4H3. The predicted octanol–water partition coefficient (Wildman–Crippen LogP) is 4.15. The van der Waals surface area contributed by atoms with E-state index in [1.54, 1.807) is 0 Å². The molecule has 0 N–H and O–H groups in total. The number of benzene rings is 1. The van der Waals surface area contributed by atoms with Gasteiger partial charge in [0.15, 0.2) is 0 Å². The zero-order valence-corrected chi connectivity index (χ0v) is 13.7. The van der Waals surface area contributed by atoms with Crippen molar-refractivity contribution in [1.29, 1.82) is 0 Å². The molecule has 102 valence electrons. The molecule has 0 amide bonds. The van der Waals surface area contributed by atoms with Gasteiger partial charge in [-0.2, -0.15) is 0 Å². The zero-order chi connectivity index (χ0) is 14.0. The van der Waals surface area contributed by atoms with Gasteiger partial charge in [-0.05, 0) is 45.5 Å². The maximum atomic E-state index is 4.60. The van der Waals surface area contributed by atoms with Crippen LogP contribution in [-0.2, 0) is 6.54 Å². The number of rotatable bonds is 4. The number of hydrogen-bond donors (Lipinski definition) is 0. The molecule has 1 heterocycles. The first-order chi connectivity index (χ1) is 8.94. The largest absolute Gasteiger partial charge is 0.296 e. The Morgan fingerprint density at radius 2 is 1.95 bits per heavy atom. The van der Waals surface area contributed by atoms with Crippen molar-refractivity contribution in [2.45, 2.75) is 32.9 Å². The molecule has 0 aliphatic carbocycles. The Balaban J connectivity index is 2.40. The van der Waals surface area contributed by atoms with E-state index in [1.807, 2.05) is 6.07 Å². The van der Waals surface area contributed by atoms with Crippen LogP contribution in [-0.4, -0.2) is 27.8 Å². The van der Waals surface area contributed by atoms with Crippen molar-refractivity contribution in [3.63, 3.8) is 0 Å². The second-order valence-corrected chi connectivity index (χ2v) is 6.30. The van der Waals surface area contributed by atoms with Crippen molar-refractivity contribution >= 4 is 26.8 Å². The summed E-state index contributed by atoms with van der Waals surface area (Å²) in [6, 6.07) is 10.6. The summed E-state index contributed by atoms with van der Waals surface area (Å²) >= 11 is 3.60. The van der Waals surface area contributed by atoms with Gasteiger partial charge in [-0.3, -0.25) is 9.88 Å². The van der Waals surface area contributed by atoms with Crippen LogP contribution in [0, 0.1) is 6.92 Å². The second-order valence-electron chi connectivity index (χ2n) is 5.74. The quantitative estimate of drug-likeness (QED) is 0.787. The van der Waals surface area contributed by atoms with Gasteiger partial charge in [-0.15, -0.1) is 0 Å². The Morgan fingerprint density at radius 1 is 1.26 bits per heavy atom. The van der Waals surface area contributed by atoms with Gasteiger partial charge in [0, 0.05) is 28.5 Å². The molecule has 0 spiro atoms. The van der Waals surface area contributed by atoms with Crippen LogP contribution in [0.25, 0.3) is 10.9 Å². The number of aryl methyl sites for hydroxylation is 1. The van der Waals surface area contributed by atoms with Crippen molar-refractivity contribution in [2.24, 2.45) is 0 Å². The van der Waals surface area contributed by atoms with Crippen LogP contribution in [0.3, 0.4) is 0 Å². The summed E-state index contributed by atoms with van der Waals surface area (Å²) in [7, 11) is 2.17. The van der Waals surface area contributed by atoms with Crippen molar-refractivity contribution in [3.8, 4) is 0 Å². The molecule has 0 saturated carbocycles. The van der Waals surface area contributed by atoms with Crippen molar-refractivity contribution in [3.05, 3.63) is 41.6 Å². The van der Waals surface area contributed by atoms with E-state index in [-0.39, 0.29) is 5.54 Å². The van der Waals surface area contributed by atoms with E-state index in [4.69, 9.17) is 0 Å². The molecule has 2 nitrogen and oxygen atoms in total. The summed E-state index contributed by atoms with van der Waals surface area (Å²) < 4.78 is 0. The summed E-state index contributed by atoms with van der Waals surface area (Å²) in [5, 5.41) is 2.21. The first-order valence-corrected chi connectivity index (χ1v) is 7.68. The highest BCUT2D eigenvalue weighted by Crippen LogP contribution is 2.23. The van der Waals surface area contributed by atoms with Gasteiger partial charge in [-0.25, -0.2) is 0 Å². The average molecular weight is 321 g/mol. The van der Waals surface area contributed by atoms with Crippen LogP contribution in [0.15, 0.2) is 30.3 Å². The lowest BCUT2D eigenvalue weighted by Crippen LogP contribution is -2.42. The van der Waals surface area contributed by atoms with Gasteiger partial charge in [0.25, 0.3) is 0 Å².